The van der Waals surface area contributed by atoms with E-state index in [1.165, 1.54) is 19.2 Å². The molecule has 0 spiro atoms. The van der Waals surface area contributed by atoms with Crippen molar-refractivity contribution in [1.82, 2.24) is 5.32 Å². The first-order valence-electron chi connectivity index (χ1n) is 12.7. The molecule has 1 aliphatic carbocycles. The van der Waals surface area contributed by atoms with Crippen LogP contribution in [0.1, 0.15) is 52.0 Å². The number of rotatable bonds is 10. The van der Waals surface area contributed by atoms with Crippen molar-refractivity contribution in [3.63, 3.8) is 0 Å². The van der Waals surface area contributed by atoms with Crippen molar-refractivity contribution in [3.05, 3.63) is 93.5 Å². The van der Waals surface area contributed by atoms with Crippen LogP contribution in [-0.2, 0) is 11.3 Å². The van der Waals surface area contributed by atoms with E-state index in [-0.39, 0.29) is 35.9 Å². The number of carbonyl (C=O) groups is 2. The van der Waals surface area contributed by atoms with Gasteiger partial charge in [-0.05, 0) is 61.6 Å². The molecule has 0 atom stereocenters. The lowest BCUT2D eigenvalue weighted by molar-refractivity contribution is -0.384. The summed E-state index contributed by atoms with van der Waals surface area (Å²) in [5.41, 5.74) is 1.82. The SMILES string of the molecule is COc1ccc(CNC(=O)c2cc([N+](=O)[O-])ccc2NC2CCC(OC(=O)c3ccccc3)CC2)cc1OC. The summed E-state index contributed by atoms with van der Waals surface area (Å²) < 4.78 is 16.2. The van der Waals surface area contributed by atoms with Gasteiger partial charge in [0.1, 0.15) is 6.10 Å². The molecule has 2 N–H and O–H groups in total. The number of carbonyl (C=O) groups excluding carboxylic acids is 2. The molecule has 1 amide bonds. The van der Waals surface area contributed by atoms with Gasteiger partial charge in [0, 0.05) is 30.4 Å². The van der Waals surface area contributed by atoms with Crippen molar-refractivity contribution in [1.29, 1.82) is 0 Å². The van der Waals surface area contributed by atoms with Gasteiger partial charge < -0.3 is 24.8 Å². The molecule has 0 unspecified atom stereocenters. The van der Waals surface area contributed by atoms with Gasteiger partial charge in [0.2, 0.25) is 0 Å². The maximum absolute atomic E-state index is 13.2. The quantitative estimate of drug-likeness (QED) is 0.209. The van der Waals surface area contributed by atoms with Gasteiger partial charge in [0.25, 0.3) is 11.6 Å². The monoisotopic (exact) mass is 533 g/mol. The molecule has 3 aromatic carbocycles. The number of methoxy groups -OCH3 is 2. The number of hydrogen-bond donors (Lipinski definition) is 2. The molecule has 0 aliphatic heterocycles. The Hall–Kier alpha value is -4.60. The molecule has 204 valence electrons. The van der Waals surface area contributed by atoms with Crippen LogP contribution in [0.4, 0.5) is 11.4 Å². The van der Waals surface area contributed by atoms with Crippen LogP contribution < -0.4 is 20.1 Å². The normalized spacial score (nSPS) is 16.6. The minimum absolute atomic E-state index is 0.0236. The van der Waals surface area contributed by atoms with Crippen LogP contribution in [0, 0.1) is 10.1 Å². The second kappa shape index (κ2) is 12.8. The van der Waals surface area contributed by atoms with Crippen LogP contribution in [0.5, 0.6) is 11.5 Å². The number of hydrogen-bond acceptors (Lipinski definition) is 8. The molecule has 0 saturated heterocycles. The number of nitro benzene ring substituents is 1. The largest absolute Gasteiger partial charge is 0.493 e. The maximum Gasteiger partial charge on any atom is 0.338 e. The third-order valence-corrected chi connectivity index (χ3v) is 6.68. The number of nitrogens with zero attached hydrogens (tertiary/aromatic N) is 1. The molecule has 1 fully saturated rings. The topological polar surface area (TPSA) is 129 Å². The van der Waals surface area contributed by atoms with Crippen molar-refractivity contribution in [3.8, 4) is 11.5 Å². The predicted octanol–water partition coefficient (Wildman–Crippen LogP) is 5.12. The van der Waals surface area contributed by atoms with Crippen LogP contribution in [0.3, 0.4) is 0 Å². The van der Waals surface area contributed by atoms with Gasteiger partial charge in [-0.2, -0.15) is 0 Å². The zero-order valence-electron chi connectivity index (χ0n) is 21.8. The second-order valence-electron chi connectivity index (χ2n) is 9.25. The zero-order valence-corrected chi connectivity index (χ0v) is 21.8. The Morgan fingerprint density at radius 3 is 2.31 bits per heavy atom. The number of anilines is 1. The summed E-state index contributed by atoms with van der Waals surface area (Å²) in [5, 5.41) is 17.6. The summed E-state index contributed by atoms with van der Waals surface area (Å²) in [6.07, 6.45) is 2.60. The smallest absolute Gasteiger partial charge is 0.338 e. The highest BCUT2D eigenvalue weighted by Crippen LogP contribution is 2.30. The molecule has 0 heterocycles. The van der Waals surface area contributed by atoms with Crippen molar-refractivity contribution in [2.45, 2.75) is 44.4 Å². The highest BCUT2D eigenvalue weighted by atomic mass is 16.6. The fourth-order valence-corrected chi connectivity index (χ4v) is 4.57. The number of non-ortho nitro benzene ring substituents is 1. The van der Waals surface area contributed by atoms with Crippen LogP contribution in [0.15, 0.2) is 66.7 Å². The summed E-state index contributed by atoms with van der Waals surface area (Å²) in [7, 11) is 3.07. The van der Waals surface area contributed by atoms with Crippen molar-refractivity contribution in [2.75, 3.05) is 19.5 Å². The Bertz CT molecular complexity index is 1320. The summed E-state index contributed by atoms with van der Waals surface area (Å²) in [6, 6.07) is 18.4. The lowest BCUT2D eigenvalue weighted by Crippen LogP contribution is -2.32. The van der Waals surface area contributed by atoms with Crippen LogP contribution in [-0.4, -0.2) is 43.2 Å². The molecular weight excluding hydrogens is 502 g/mol. The van der Waals surface area contributed by atoms with E-state index >= 15 is 0 Å². The van der Waals surface area contributed by atoms with Gasteiger partial charge in [-0.1, -0.05) is 24.3 Å². The Kier molecular flexibility index (Phi) is 8.98. The molecule has 0 aromatic heterocycles. The maximum atomic E-state index is 13.2. The number of benzene rings is 3. The third-order valence-electron chi connectivity index (χ3n) is 6.68. The number of nitro groups is 1. The van der Waals surface area contributed by atoms with Crippen molar-refractivity contribution < 1.29 is 28.7 Å². The van der Waals surface area contributed by atoms with E-state index in [4.69, 9.17) is 14.2 Å². The number of ether oxygens (including phenoxy) is 3. The molecule has 0 bridgehead atoms. The molecule has 3 aromatic rings. The van der Waals surface area contributed by atoms with Gasteiger partial charge in [-0.15, -0.1) is 0 Å². The standard InChI is InChI=1S/C29H31N3O7/c1-37-26-15-8-19(16-27(26)38-2)18-30-28(33)24-17-22(32(35)36)11-14-25(24)31-21-9-12-23(13-10-21)39-29(34)20-6-4-3-5-7-20/h3-8,11,14-17,21,23,31H,9-10,12-13,18H2,1-2H3,(H,30,33). The van der Waals surface area contributed by atoms with E-state index in [9.17, 15) is 19.7 Å². The van der Waals surface area contributed by atoms with E-state index in [2.05, 4.69) is 10.6 Å². The van der Waals surface area contributed by atoms with Crippen molar-refractivity contribution in [2.24, 2.45) is 0 Å². The third kappa shape index (κ3) is 7.04. The average Bonchev–Trinajstić information content (AvgIpc) is 2.97. The zero-order chi connectivity index (χ0) is 27.8. The molecule has 0 radical (unpaired) electrons. The van der Waals surface area contributed by atoms with E-state index in [0.29, 0.717) is 35.6 Å². The van der Waals surface area contributed by atoms with Crippen LogP contribution in [0.2, 0.25) is 0 Å². The van der Waals surface area contributed by atoms with Crippen molar-refractivity contribution >= 4 is 23.3 Å². The summed E-state index contributed by atoms with van der Waals surface area (Å²) >= 11 is 0. The van der Waals surface area contributed by atoms with Crippen LogP contribution in [0.25, 0.3) is 0 Å². The molecule has 10 nitrogen and oxygen atoms in total. The van der Waals surface area contributed by atoms with E-state index in [1.54, 1.807) is 55.6 Å². The van der Waals surface area contributed by atoms with Gasteiger partial charge in [0.15, 0.2) is 11.5 Å². The second-order valence-corrected chi connectivity index (χ2v) is 9.25. The summed E-state index contributed by atoms with van der Waals surface area (Å²) in [4.78, 5) is 36.4. The van der Waals surface area contributed by atoms with E-state index in [1.807, 2.05) is 6.07 Å². The minimum Gasteiger partial charge on any atom is -0.493 e. The van der Waals surface area contributed by atoms with E-state index < -0.39 is 10.8 Å². The predicted molar refractivity (Wildman–Crippen MR) is 145 cm³/mol. The Balaban J connectivity index is 1.39. The Morgan fingerprint density at radius 1 is 0.923 bits per heavy atom. The Morgan fingerprint density at radius 2 is 1.64 bits per heavy atom. The fourth-order valence-electron chi connectivity index (χ4n) is 4.57. The molecule has 1 saturated carbocycles. The van der Waals surface area contributed by atoms with Gasteiger partial charge in [0.05, 0.1) is 30.3 Å². The fraction of sp³-hybridized carbons (Fsp3) is 0.310. The number of esters is 1. The lowest BCUT2D eigenvalue weighted by atomic mass is 9.92. The molecule has 1 aliphatic rings. The number of nitrogens with one attached hydrogen (secondary N) is 2. The highest BCUT2D eigenvalue weighted by Gasteiger charge is 2.26. The summed E-state index contributed by atoms with van der Waals surface area (Å²) in [5.74, 6) is 0.326. The Labute approximate surface area is 226 Å². The first kappa shape index (κ1) is 27.4. The van der Waals surface area contributed by atoms with Gasteiger partial charge >= 0.3 is 5.97 Å². The average molecular weight is 534 g/mol. The van der Waals surface area contributed by atoms with Gasteiger partial charge in [-0.3, -0.25) is 14.9 Å². The molecule has 39 heavy (non-hydrogen) atoms. The number of amides is 1. The van der Waals surface area contributed by atoms with Gasteiger partial charge in [-0.25, -0.2) is 4.79 Å². The minimum atomic E-state index is -0.527. The first-order chi connectivity index (χ1) is 18.9. The molecular formula is C29H31N3O7. The highest BCUT2D eigenvalue weighted by molar-refractivity contribution is 6.00. The van der Waals surface area contributed by atoms with Crippen LogP contribution >= 0.6 is 0 Å². The molecule has 4 rings (SSSR count). The molecule has 10 heteroatoms. The lowest BCUT2D eigenvalue weighted by Gasteiger charge is -2.30. The van der Waals surface area contributed by atoms with E-state index in [0.717, 1.165) is 18.4 Å². The summed E-state index contributed by atoms with van der Waals surface area (Å²) in [6.45, 7) is 0.194. The first-order valence-corrected chi connectivity index (χ1v) is 12.7.